The first kappa shape index (κ1) is 28.2. The molecule has 0 aliphatic carbocycles. The topological polar surface area (TPSA) is 35.9 Å². The van der Waals surface area contributed by atoms with Crippen molar-refractivity contribution in [1.82, 2.24) is 9.80 Å². The van der Waals surface area contributed by atoms with E-state index in [0.717, 1.165) is 31.9 Å². The Morgan fingerprint density at radius 1 is 0.765 bits per heavy atom. The van der Waals surface area contributed by atoms with Gasteiger partial charge in [-0.2, -0.15) is 0 Å². The first-order valence-electron chi connectivity index (χ1n) is 11.5. The Hall–Kier alpha value is -2.08. The monoisotopic (exact) mass is 502 g/mol. The molecule has 0 saturated carbocycles. The first-order chi connectivity index (χ1) is 15.6. The number of aliphatic hydroxyl groups is 1. The van der Waals surface area contributed by atoms with Crippen LogP contribution in [0.3, 0.4) is 0 Å². The summed E-state index contributed by atoms with van der Waals surface area (Å²) in [4.78, 5) is 4.90. The van der Waals surface area contributed by atoms with Crippen molar-refractivity contribution in [1.29, 1.82) is 0 Å². The molecule has 3 aromatic rings. The minimum Gasteiger partial charge on any atom is -0.491 e. The number of piperazine rings is 1. The summed E-state index contributed by atoms with van der Waals surface area (Å²) >= 11 is 0. The van der Waals surface area contributed by atoms with E-state index in [1.807, 2.05) is 12.1 Å². The summed E-state index contributed by atoms with van der Waals surface area (Å²) in [6, 6.07) is 27.8. The molecule has 1 saturated heterocycles. The SMILES string of the molecule is Cc1ccc(OCC(O)CN2CCN(C(c3ccccc3)c3ccccc3)CC2)cc1C.Cl.Cl. The van der Waals surface area contributed by atoms with Crippen LogP contribution in [0, 0.1) is 13.8 Å². The van der Waals surface area contributed by atoms with E-state index in [1.54, 1.807) is 0 Å². The van der Waals surface area contributed by atoms with Gasteiger partial charge in [-0.05, 0) is 48.2 Å². The average Bonchev–Trinajstić information content (AvgIpc) is 2.83. The van der Waals surface area contributed by atoms with Crippen LogP contribution in [-0.2, 0) is 0 Å². The number of ether oxygens (including phenoxy) is 1. The molecule has 1 fully saturated rings. The summed E-state index contributed by atoms with van der Waals surface area (Å²) in [7, 11) is 0. The molecule has 4 nitrogen and oxygen atoms in total. The molecule has 0 radical (unpaired) electrons. The molecule has 0 spiro atoms. The molecule has 0 aromatic heterocycles. The minimum absolute atomic E-state index is 0. The maximum atomic E-state index is 10.5. The molecule has 1 N–H and O–H groups in total. The lowest BCUT2D eigenvalue weighted by Gasteiger charge is -2.40. The minimum atomic E-state index is -0.498. The molecule has 184 valence electrons. The molecule has 1 aliphatic heterocycles. The third kappa shape index (κ3) is 7.46. The van der Waals surface area contributed by atoms with Crippen LogP contribution in [0.5, 0.6) is 5.75 Å². The summed E-state index contributed by atoms with van der Waals surface area (Å²) < 4.78 is 5.83. The number of hydrogen-bond donors (Lipinski definition) is 1. The van der Waals surface area contributed by atoms with E-state index in [-0.39, 0.29) is 30.9 Å². The first-order valence-corrected chi connectivity index (χ1v) is 11.5. The Morgan fingerprint density at radius 3 is 1.85 bits per heavy atom. The molecule has 1 unspecified atom stereocenters. The number of nitrogens with zero attached hydrogens (tertiary/aromatic N) is 2. The lowest BCUT2D eigenvalue weighted by atomic mass is 9.96. The average molecular weight is 504 g/mol. The lowest BCUT2D eigenvalue weighted by molar-refractivity contribution is 0.0401. The van der Waals surface area contributed by atoms with Gasteiger partial charge in [0, 0.05) is 32.7 Å². The number of hydrogen-bond acceptors (Lipinski definition) is 4. The smallest absolute Gasteiger partial charge is 0.119 e. The maximum Gasteiger partial charge on any atom is 0.119 e. The van der Waals surface area contributed by atoms with Crippen LogP contribution in [-0.4, -0.2) is 60.3 Å². The van der Waals surface area contributed by atoms with Crippen molar-refractivity contribution in [2.24, 2.45) is 0 Å². The Labute approximate surface area is 216 Å². The lowest BCUT2D eigenvalue weighted by Crippen LogP contribution is -2.50. The number of rotatable bonds is 8. The Balaban J connectivity index is 0.00000204. The van der Waals surface area contributed by atoms with E-state index in [0.29, 0.717) is 13.2 Å². The van der Waals surface area contributed by atoms with Crippen LogP contribution in [0.25, 0.3) is 0 Å². The largest absolute Gasteiger partial charge is 0.491 e. The standard InChI is InChI=1S/C28H34N2O2.2ClH/c1-22-13-14-27(19-23(22)2)32-21-26(31)20-29-15-17-30(18-16-29)28(24-9-5-3-6-10-24)25-11-7-4-8-12-25;;/h3-14,19,26,28,31H,15-18,20-21H2,1-2H3;2*1H. The Morgan fingerprint density at radius 2 is 1.32 bits per heavy atom. The van der Waals surface area contributed by atoms with Crippen molar-refractivity contribution in [2.45, 2.75) is 26.0 Å². The predicted octanol–water partition coefficient (Wildman–Crippen LogP) is 5.29. The van der Waals surface area contributed by atoms with Crippen LogP contribution < -0.4 is 4.74 Å². The second-order valence-electron chi connectivity index (χ2n) is 8.77. The highest BCUT2D eigenvalue weighted by Crippen LogP contribution is 2.29. The van der Waals surface area contributed by atoms with Crippen molar-refractivity contribution < 1.29 is 9.84 Å². The van der Waals surface area contributed by atoms with Crippen LogP contribution in [0.1, 0.15) is 28.3 Å². The molecular weight excluding hydrogens is 467 g/mol. The van der Waals surface area contributed by atoms with E-state index in [9.17, 15) is 5.11 Å². The number of halogens is 2. The molecule has 3 aromatic carbocycles. The zero-order chi connectivity index (χ0) is 22.3. The molecular formula is C28H36Cl2N2O2. The van der Waals surface area contributed by atoms with Gasteiger partial charge in [-0.3, -0.25) is 9.80 Å². The van der Waals surface area contributed by atoms with Gasteiger partial charge in [-0.25, -0.2) is 0 Å². The summed E-state index contributed by atoms with van der Waals surface area (Å²) in [6.07, 6.45) is -0.498. The van der Waals surface area contributed by atoms with Gasteiger partial charge in [0.15, 0.2) is 0 Å². The highest BCUT2D eigenvalue weighted by molar-refractivity contribution is 5.85. The third-order valence-corrected chi connectivity index (χ3v) is 6.39. The fraction of sp³-hybridized carbons (Fsp3) is 0.357. The van der Waals surface area contributed by atoms with Crippen molar-refractivity contribution >= 4 is 24.8 Å². The number of benzene rings is 3. The van der Waals surface area contributed by atoms with E-state index < -0.39 is 6.10 Å². The zero-order valence-corrected chi connectivity index (χ0v) is 21.6. The van der Waals surface area contributed by atoms with Crippen molar-refractivity contribution in [2.75, 3.05) is 39.3 Å². The Kier molecular flexibility index (Phi) is 11.4. The second kappa shape index (κ2) is 13.7. The van der Waals surface area contributed by atoms with Gasteiger partial charge in [0.25, 0.3) is 0 Å². The van der Waals surface area contributed by atoms with Crippen LogP contribution in [0.4, 0.5) is 0 Å². The van der Waals surface area contributed by atoms with Crippen molar-refractivity contribution in [3.8, 4) is 5.75 Å². The molecule has 0 amide bonds. The summed E-state index contributed by atoms with van der Waals surface area (Å²) in [5.41, 5.74) is 5.11. The second-order valence-corrected chi connectivity index (χ2v) is 8.77. The third-order valence-electron chi connectivity index (χ3n) is 6.39. The fourth-order valence-electron chi connectivity index (χ4n) is 4.44. The van der Waals surface area contributed by atoms with E-state index >= 15 is 0 Å². The van der Waals surface area contributed by atoms with E-state index in [2.05, 4.69) is 90.4 Å². The van der Waals surface area contributed by atoms with Gasteiger partial charge in [0.1, 0.15) is 18.5 Å². The molecule has 6 heteroatoms. The van der Waals surface area contributed by atoms with Crippen LogP contribution >= 0.6 is 24.8 Å². The van der Waals surface area contributed by atoms with Crippen molar-refractivity contribution in [3.05, 3.63) is 101 Å². The normalized spacial score (nSPS) is 15.3. The van der Waals surface area contributed by atoms with Gasteiger partial charge in [0.05, 0.1) is 6.04 Å². The molecule has 1 atom stereocenters. The Bertz CT molecular complexity index is 941. The molecule has 34 heavy (non-hydrogen) atoms. The molecule has 1 aliphatic rings. The van der Waals surface area contributed by atoms with Gasteiger partial charge >= 0.3 is 0 Å². The van der Waals surface area contributed by atoms with Gasteiger partial charge in [0.2, 0.25) is 0 Å². The van der Waals surface area contributed by atoms with Gasteiger partial charge in [-0.1, -0.05) is 66.7 Å². The maximum absolute atomic E-state index is 10.5. The molecule has 4 rings (SSSR count). The fourth-order valence-corrected chi connectivity index (χ4v) is 4.44. The quantitative estimate of drug-likeness (QED) is 0.453. The highest BCUT2D eigenvalue weighted by Gasteiger charge is 2.27. The van der Waals surface area contributed by atoms with Crippen molar-refractivity contribution in [3.63, 3.8) is 0 Å². The van der Waals surface area contributed by atoms with Gasteiger partial charge in [-0.15, -0.1) is 24.8 Å². The van der Waals surface area contributed by atoms with Crippen LogP contribution in [0.15, 0.2) is 78.9 Å². The van der Waals surface area contributed by atoms with Crippen LogP contribution in [0.2, 0.25) is 0 Å². The number of aryl methyl sites for hydroxylation is 2. The number of β-amino-alcohol motifs (C(OH)–C–C–N with tert-alkyl or cyclic N) is 1. The molecule has 0 bridgehead atoms. The summed E-state index contributed by atoms with van der Waals surface area (Å²) in [5.74, 6) is 0.825. The summed E-state index contributed by atoms with van der Waals surface area (Å²) in [6.45, 7) is 8.95. The zero-order valence-electron chi connectivity index (χ0n) is 20.0. The van der Waals surface area contributed by atoms with Gasteiger partial charge < -0.3 is 9.84 Å². The number of aliphatic hydroxyl groups excluding tert-OH is 1. The predicted molar refractivity (Wildman–Crippen MR) is 145 cm³/mol. The van der Waals surface area contributed by atoms with E-state index in [4.69, 9.17) is 4.74 Å². The van der Waals surface area contributed by atoms with E-state index in [1.165, 1.54) is 22.3 Å². The highest BCUT2D eigenvalue weighted by atomic mass is 35.5. The molecule has 1 heterocycles. The summed E-state index contributed by atoms with van der Waals surface area (Å²) in [5, 5.41) is 10.5.